The summed E-state index contributed by atoms with van der Waals surface area (Å²) in [5, 5.41) is 2.73. The molecule has 0 unspecified atom stereocenters. The summed E-state index contributed by atoms with van der Waals surface area (Å²) in [6.45, 7) is -0.311. The average molecular weight is 437 g/mol. The third-order valence-electron chi connectivity index (χ3n) is 6.03. The molecule has 30 heavy (non-hydrogen) atoms. The molecular formula is C20H21F2N3O4S. The molecule has 1 aromatic carbocycles. The molecule has 0 saturated heterocycles. The van der Waals surface area contributed by atoms with Crippen molar-refractivity contribution in [1.82, 2.24) is 9.29 Å². The lowest BCUT2D eigenvalue weighted by molar-refractivity contribution is -0.119. The maximum absolute atomic E-state index is 14.0. The number of urea groups is 1. The topological polar surface area (TPSA) is 89.4 Å². The number of carbonyl (C=O) groups excluding carboxylic acids is 1. The maximum atomic E-state index is 14.0. The summed E-state index contributed by atoms with van der Waals surface area (Å²) in [7, 11) is -4.40. The number of carbonyl (C=O) groups is 1. The van der Waals surface area contributed by atoms with E-state index >= 15 is 0 Å². The first-order valence-electron chi connectivity index (χ1n) is 9.99. The van der Waals surface area contributed by atoms with Crippen molar-refractivity contribution in [3.8, 4) is 5.88 Å². The van der Waals surface area contributed by atoms with Gasteiger partial charge >= 0.3 is 12.1 Å². The second-order valence-electron chi connectivity index (χ2n) is 7.91. The molecule has 0 bridgehead atoms. The standard InChI is InChI=1S/C20H21F2N3O4S/c21-20(22)8-10-29-18-16(7-9-25(18)20)30(27,28)24-19(26)23-17-14-5-1-3-12(14)11-13-4-2-6-15(13)17/h7,9,11H,1-6,8,10H2,(H2,23,24,26). The zero-order valence-corrected chi connectivity index (χ0v) is 16.9. The number of anilines is 1. The molecule has 2 N–H and O–H groups in total. The number of nitrogens with zero attached hydrogens (tertiary/aromatic N) is 1. The summed E-state index contributed by atoms with van der Waals surface area (Å²) in [6.07, 6.45) is 5.95. The minimum atomic E-state index is -4.40. The van der Waals surface area contributed by atoms with Gasteiger partial charge in [-0.2, -0.15) is 8.78 Å². The number of benzene rings is 1. The molecule has 2 amide bonds. The van der Waals surface area contributed by atoms with Gasteiger partial charge < -0.3 is 10.1 Å². The van der Waals surface area contributed by atoms with E-state index in [0.29, 0.717) is 10.3 Å². The third-order valence-corrected chi connectivity index (χ3v) is 7.37. The van der Waals surface area contributed by atoms with E-state index in [0.717, 1.165) is 61.9 Å². The first-order chi connectivity index (χ1) is 14.3. The molecule has 2 aliphatic carbocycles. The van der Waals surface area contributed by atoms with Crippen molar-refractivity contribution in [1.29, 1.82) is 0 Å². The number of amides is 2. The van der Waals surface area contributed by atoms with Crippen LogP contribution in [0.4, 0.5) is 19.3 Å². The summed E-state index contributed by atoms with van der Waals surface area (Å²) < 4.78 is 61.1. The van der Waals surface area contributed by atoms with Gasteiger partial charge in [-0.25, -0.2) is 17.9 Å². The van der Waals surface area contributed by atoms with Crippen LogP contribution >= 0.6 is 0 Å². The van der Waals surface area contributed by atoms with E-state index in [1.165, 1.54) is 11.1 Å². The van der Waals surface area contributed by atoms with Gasteiger partial charge in [0, 0.05) is 11.9 Å². The minimum Gasteiger partial charge on any atom is -0.477 e. The zero-order valence-electron chi connectivity index (χ0n) is 16.1. The van der Waals surface area contributed by atoms with Gasteiger partial charge in [0.25, 0.3) is 10.0 Å². The van der Waals surface area contributed by atoms with E-state index < -0.39 is 39.3 Å². The van der Waals surface area contributed by atoms with Gasteiger partial charge in [-0.05, 0) is 66.8 Å². The second kappa shape index (κ2) is 6.69. The van der Waals surface area contributed by atoms with Crippen molar-refractivity contribution < 1.29 is 26.7 Å². The van der Waals surface area contributed by atoms with Crippen LogP contribution in [-0.4, -0.2) is 25.6 Å². The number of hydrogen-bond donors (Lipinski definition) is 2. The van der Waals surface area contributed by atoms with Gasteiger partial charge in [-0.3, -0.25) is 4.57 Å². The first-order valence-corrected chi connectivity index (χ1v) is 11.5. The quantitative estimate of drug-likeness (QED) is 0.771. The zero-order chi connectivity index (χ0) is 21.1. The van der Waals surface area contributed by atoms with Crippen LogP contribution in [0, 0.1) is 0 Å². The monoisotopic (exact) mass is 437 g/mol. The second-order valence-corrected chi connectivity index (χ2v) is 9.56. The van der Waals surface area contributed by atoms with Crippen LogP contribution in [0.1, 0.15) is 41.5 Å². The summed E-state index contributed by atoms with van der Waals surface area (Å²) in [4.78, 5) is 12.1. The Morgan fingerprint density at radius 1 is 1.10 bits per heavy atom. The molecule has 0 spiro atoms. The molecule has 0 fully saturated rings. The minimum absolute atomic E-state index is 0.311. The highest BCUT2D eigenvalue weighted by atomic mass is 32.2. The summed E-state index contributed by atoms with van der Waals surface area (Å²) in [5.41, 5.74) is 5.23. The summed E-state index contributed by atoms with van der Waals surface area (Å²) in [5.74, 6) is -0.465. The van der Waals surface area contributed by atoms with Gasteiger partial charge in [-0.1, -0.05) is 6.07 Å². The molecule has 160 valence electrons. The Hall–Kier alpha value is -2.62. The van der Waals surface area contributed by atoms with E-state index in [4.69, 9.17) is 4.74 Å². The van der Waals surface area contributed by atoms with E-state index in [1.54, 1.807) is 0 Å². The van der Waals surface area contributed by atoms with Gasteiger partial charge in [0.15, 0.2) is 0 Å². The number of nitrogens with one attached hydrogen (secondary N) is 2. The number of alkyl halides is 2. The summed E-state index contributed by atoms with van der Waals surface area (Å²) >= 11 is 0. The fraction of sp³-hybridized carbons (Fsp3) is 0.450. The van der Waals surface area contributed by atoms with Crippen molar-refractivity contribution in [2.75, 3.05) is 11.9 Å². The van der Waals surface area contributed by atoms with Crippen LogP contribution in [0.5, 0.6) is 5.88 Å². The highest BCUT2D eigenvalue weighted by Gasteiger charge is 2.40. The third kappa shape index (κ3) is 3.05. The number of halogens is 2. The number of rotatable bonds is 3. The smallest absolute Gasteiger partial charge is 0.334 e. The Morgan fingerprint density at radius 3 is 2.43 bits per heavy atom. The molecule has 5 rings (SSSR count). The van der Waals surface area contributed by atoms with Crippen molar-refractivity contribution >= 4 is 21.7 Å². The van der Waals surface area contributed by atoms with Crippen molar-refractivity contribution in [3.05, 3.63) is 40.6 Å². The molecular weight excluding hydrogens is 416 g/mol. The van der Waals surface area contributed by atoms with Gasteiger partial charge in [0.2, 0.25) is 5.88 Å². The number of aryl methyl sites for hydroxylation is 2. The Morgan fingerprint density at radius 2 is 1.77 bits per heavy atom. The highest BCUT2D eigenvalue weighted by Crippen LogP contribution is 2.40. The highest BCUT2D eigenvalue weighted by molar-refractivity contribution is 7.90. The Labute approximate surface area is 172 Å². The van der Waals surface area contributed by atoms with Crippen LogP contribution in [0.15, 0.2) is 23.2 Å². The lowest BCUT2D eigenvalue weighted by Gasteiger charge is -2.26. The van der Waals surface area contributed by atoms with Crippen LogP contribution in [-0.2, 0) is 41.8 Å². The van der Waals surface area contributed by atoms with Gasteiger partial charge in [0.1, 0.15) is 4.90 Å². The number of hydrogen-bond acceptors (Lipinski definition) is 4. The van der Waals surface area contributed by atoms with Crippen LogP contribution in [0.2, 0.25) is 0 Å². The Kier molecular flexibility index (Phi) is 4.32. The number of ether oxygens (including phenoxy) is 1. The van der Waals surface area contributed by atoms with E-state index in [9.17, 15) is 22.0 Å². The maximum Gasteiger partial charge on any atom is 0.334 e. The van der Waals surface area contributed by atoms with Crippen molar-refractivity contribution in [2.24, 2.45) is 0 Å². The van der Waals surface area contributed by atoms with Crippen LogP contribution in [0.3, 0.4) is 0 Å². The molecule has 2 heterocycles. The molecule has 0 saturated carbocycles. The molecule has 1 aromatic heterocycles. The number of fused-ring (bicyclic) bond motifs is 3. The van der Waals surface area contributed by atoms with E-state index in [1.807, 2.05) is 4.72 Å². The fourth-order valence-electron chi connectivity index (χ4n) is 4.68. The fourth-order valence-corrected chi connectivity index (χ4v) is 5.71. The predicted molar refractivity (Wildman–Crippen MR) is 105 cm³/mol. The Bertz CT molecular complexity index is 1130. The molecule has 2 aromatic rings. The number of aromatic nitrogens is 1. The Balaban J connectivity index is 1.42. The summed E-state index contributed by atoms with van der Waals surface area (Å²) in [6, 6.07) is -0.932. The SMILES string of the molecule is O=C(Nc1c2c(cc3c1CCC3)CCC2)NS(=O)(=O)c1ccn2c1OCCC2(F)F. The lowest BCUT2D eigenvalue weighted by atomic mass is 9.99. The van der Waals surface area contributed by atoms with Crippen LogP contribution < -0.4 is 14.8 Å². The largest absolute Gasteiger partial charge is 0.477 e. The normalized spacial score (nSPS) is 18.9. The number of sulfonamides is 1. The van der Waals surface area contributed by atoms with Gasteiger partial charge in [0.05, 0.1) is 13.0 Å². The molecule has 3 aliphatic rings. The molecule has 0 atom stereocenters. The van der Waals surface area contributed by atoms with Crippen molar-refractivity contribution in [2.45, 2.75) is 55.9 Å². The lowest BCUT2D eigenvalue weighted by Crippen LogP contribution is -2.36. The van der Waals surface area contributed by atoms with E-state index in [2.05, 4.69) is 11.4 Å². The predicted octanol–water partition coefficient (Wildman–Crippen LogP) is 3.31. The molecule has 0 radical (unpaired) electrons. The average Bonchev–Trinajstić information content (AvgIpc) is 3.39. The van der Waals surface area contributed by atoms with E-state index in [-0.39, 0.29) is 6.61 Å². The van der Waals surface area contributed by atoms with Crippen LogP contribution in [0.25, 0.3) is 0 Å². The molecule has 7 nitrogen and oxygen atoms in total. The first kappa shape index (κ1) is 19.3. The molecule has 1 aliphatic heterocycles. The van der Waals surface area contributed by atoms with Crippen molar-refractivity contribution in [3.63, 3.8) is 0 Å². The van der Waals surface area contributed by atoms with Gasteiger partial charge in [-0.15, -0.1) is 0 Å². The molecule has 10 heteroatoms.